The third-order valence-corrected chi connectivity index (χ3v) is 4.33. The van der Waals surface area contributed by atoms with Crippen molar-refractivity contribution in [3.8, 4) is 5.75 Å². The number of anilines is 1. The highest BCUT2D eigenvalue weighted by atomic mass is 16.6. The molecule has 1 aromatic carbocycles. The van der Waals surface area contributed by atoms with Gasteiger partial charge in [0, 0.05) is 17.3 Å². The number of esters is 1. The van der Waals surface area contributed by atoms with Crippen molar-refractivity contribution in [2.75, 3.05) is 18.5 Å². The van der Waals surface area contributed by atoms with Gasteiger partial charge in [-0.25, -0.2) is 4.79 Å². The molecule has 1 saturated carbocycles. The number of ether oxygens (including phenoxy) is 2. The van der Waals surface area contributed by atoms with Crippen molar-refractivity contribution >= 4 is 17.6 Å². The maximum Gasteiger partial charge on any atom is 0.344 e. The third kappa shape index (κ3) is 4.96. The first kappa shape index (κ1) is 18.3. The van der Waals surface area contributed by atoms with Crippen LogP contribution < -0.4 is 15.8 Å². The summed E-state index contributed by atoms with van der Waals surface area (Å²) in [5, 5.41) is 2.91. The Kier molecular flexibility index (Phi) is 6.20. The van der Waals surface area contributed by atoms with E-state index in [2.05, 4.69) is 5.32 Å². The molecule has 0 aliphatic heterocycles. The molecule has 1 aliphatic rings. The molecule has 0 saturated heterocycles. The third-order valence-electron chi connectivity index (χ3n) is 4.33. The van der Waals surface area contributed by atoms with Crippen molar-refractivity contribution in [1.82, 2.24) is 0 Å². The lowest BCUT2D eigenvalue weighted by molar-refractivity contribution is -0.145. The molecule has 6 heteroatoms. The lowest BCUT2D eigenvalue weighted by atomic mass is 9.74. The Balaban J connectivity index is 1.96. The summed E-state index contributed by atoms with van der Waals surface area (Å²) in [6.45, 7) is 3.84. The average molecular weight is 334 g/mol. The molecule has 6 nitrogen and oxygen atoms in total. The first-order chi connectivity index (χ1) is 11.4. The molecule has 24 heavy (non-hydrogen) atoms. The van der Waals surface area contributed by atoms with Crippen LogP contribution in [0.15, 0.2) is 24.3 Å². The van der Waals surface area contributed by atoms with Gasteiger partial charge in [0.15, 0.2) is 6.61 Å². The van der Waals surface area contributed by atoms with Gasteiger partial charge in [0.1, 0.15) is 5.75 Å². The first-order valence-corrected chi connectivity index (χ1v) is 8.40. The maximum absolute atomic E-state index is 12.5. The maximum atomic E-state index is 12.5. The molecule has 1 aliphatic carbocycles. The van der Waals surface area contributed by atoms with E-state index in [0.29, 0.717) is 18.0 Å². The van der Waals surface area contributed by atoms with E-state index in [1.54, 1.807) is 31.2 Å². The van der Waals surface area contributed by atoms with Gasteiger partial charge < -0.3 is 20.5 Å². The molecule has 3 N–H and O–H groups in total. The van der Waals surface area contributed by atoms with Crippen LogP contribution in [0.4, 0.5) is 5.69 Å². The van der Waals surface area contributed by atoms with Gasteiger partial charge in [-0.05, 0) is 38.8 Å². The summed E-state index contributed by atoms with van der Waals surface area (Å²) < 4.78 is 10.2. The highest BCUT2D eigenvalue weighted by molar-refractivity contribution is 5.93. The fraction of sp³-hybridized carbons (Fsp3) is 0.556. The predicted octanol–water partition coefficient (Wildman–Crippen LogP) is 2.47. The summed E-state index contributed by atoms with van der Waals surface area (Å²) in [5.74, 6) is -0.189. The van der Waals surface area contributed by atoms with Gasteiger partial charge in [0.2, 0.25) is 5.91 Å². The van der Waals surface area contributed by atoms with E-state index in [4.69, 9.17) is 15.2 Å². The van der Waals surface area contributed by atoms with Crippen LogP contribution in [0, 0.1) is 5.92 Å². The molecular weight excluding hydrogens is 308 g/mol. The fourth-order valence-corrected chi connectivity index (χ4v) is 3.03. The highest BCUT2D eigenvalue weighted by Crippen LogP contribution is 2.32. The number of nitrogens with two attached hydrogens (primary N) is 1. The van der Waals surface area contributed by atoms with E-state index in [1.807, 2.05) is 6.92 Å². The lowest BCUT2D eigenvalue weighted by Crippen LogP contribution is -2.51. The molecule has 2 rings (SSSR count). The predicted molar refractivity (Wildman–Crippen MR) is 91.8 cm³/mol. The van der Waals surface area contributed by atoms with Gasteiger partial charge >= 0.3 is 5.97 Å². The molecule has 1 aromatic rings. The van der Waals surface area contributed by atoms with Gasteiger partial charge in [-0.3, -0.25) is 4.79 Å². The molecule has 0 radical (unpaired) electrons. The molecule has 1 amide bonds. The summed E-state index contributed by atoms with van der Waals surface area (Å²) in [6.07, 6.45) is 3.74. The van der Waals surface area contributed by atoms with E-state index < -0.39 is 11.5 Å². The van der Waals surface area contributed by atoms with Crippen molar-refractivity contribution in [1.29, 1.82) is 0 Å². The molecule has 2 unspecified atom stereocenters. The van der Waals surface area contributed by atoms with Crippen LogP contribution in [-0.4, -0.2) is 30.6 Å². The van der Waals surface area contributed by atoms with Crippen LogP contribution in [0.3, 0.4) is 0 Å². The summed E-state index contributed by atoms with van der Waals surface area (Å²) >= 11 is 0. The minimum absolute atomic E-state index is 0.0674. The second-order valence-corrected chi connectivity index (χ2v) is 6.41. The van der Waals surface area contributed by atoms with Crippen molar-refractivity contribution in [3.05, 3.63) is 24.3 Å². The van der Waals surface area contributed by atoms with E-state index in [0.717, 1.165) is 25.7 Å². The molecule has 0 heterocycles. The molecule has 0 bridgehead atoms. The van der Waals surface area contributed by atoms with E-state index in [9.17, 15) is 9.59 Å². The number of amides is 1. The smallest absolute Gasteiger partial charge is 0.344 e. The number of carbonyl (C=O) groups is 2. The highest BCUT2D eigenvalue weighted by Gasteiger charge is 2.37. The molecule has 132 valence electrons. The van der Waals surface area contributed by atoms with Crippen molar-refractivity contribution in [2.24, 2.45) is 11.7 Å². The molecule has 0 aromatic heterocycles. The number of carbonyl (C=O) groups excluding carboxylic acids is 2. The standard InChI is InChI=1S/C18H26N2O4/c1-3-23-16(21)12-24-14-8-6-7-13(11-14)20-17(22)15-9-4-5-10-18(15,2)19/h6-8,11,15H,3-5,9-10,12,19H2,1-2H3,(H,20,22). The van der Waals surface area contributed by atoms with Crippen molar-refractivity contribution in [3.63, 3.8) is 0 Å². The molecule has 2 atom stereocenters. The topological polar surface area (TPSA) is 90.6 Å². The summed E-state index contributed by atoms with van der Waals surface area (Å²) in [5.41, 5.74) is 6.43. The zero-order chi connectivity index (χ0) is 17.6. The van der Waals surface area contributed by atoms with Crippen LogP contribution in [-0.2, 0) is 14.3 Å². The van der Waals surface area contributed by atoms with Gasteiger partial charge in [0.25, 0.3) is 0 Å². The van der Waals surface area contributed by atoms with E-state index in [-0.39, 0.29) is 18.4 Å². The Morgan fingerprint density at radius 3 is 2.88 bits per heavy atom. The van der Waals surface area contributed by atoms with Crippen LogP contribution in [0.1, 0.15) is 39.5 Å². The monoisotopic (exact) mass is 334 g/mol. The number of nitrogens with one attached hydrogen (secondary N) is 1. The largest absolute Gasteiger partial charge is 0.482 e. The lowest BCUT2D eigenvalue weighted by Gasteiger charge is -2.37. The van der Waals surface area contributed by atoms with Gasteiger partial charge in [0.05, 0.1) is 12.5 Å². The zero-order valence-electron chi connectivity index (χ0n) is 14.3. The second kappa shape index (κ2) is 8.15. The summed E-state index contributed by atoms with van der Waals surface area (Å²) in [7, 11) is 0. The van der Waals surface area contributed by atoms with E-state index in [1.165, 1.54) is 0 Å². The quantitative estimate of drug-likeness (QED) is 0.780. The Labute approximate surface area is 142 Å². The number of hydrogen-bond acceptors (Lipinski definition) is 5. The molecular formula is C18H26N2O4. The second-order valence-electron chi connectivity index (χ2n) is 6.41. The van der Waals surface area contributed by atoms with Gasteiger partial charge in [-0.15, -0.1) is 0 Å². The zero-order valence-corrected chi connectivity index (χ0v) is 14.3. The van der Waals surface area contributed by atoms with Crippen molar-refractivity contribution in [2.45, 2.75) is 45.1 Å². The number of rotatable bonds is 6. The Morgan fingerprint density at radius 2 is 2.17 bits per heavy atom. The van der Waals surface area contributed by atoms with Crippen LogP contribution in [0.2, 0.25) is 0 Å². The number of benzene rings is 1. The van der Waals surface area contributed by atoms with Crippen molar-refractivity contribution < 1.29 is 19.1 Å². The summed E-state index contributed by atoms with van der Waals surface area (Å²) in [6, 6.07) is 6.96. The minimum atomic E-state index is -0.472. The van der Waals surface area contributed by atoms with Gasteiger partial charge in [-0.2, -0.15) is 0 Å². The fourth-order valence-electron chi connectivity index (χ4n) is 3.03. The van der Waals surface area contributed by atoms with E-state index >= 15 is 0 Å². The van der Waals surface area contributed by atoms with Crippen LogP contribution >= 0.6 is 0 Å². The van der Waals surface area contributed by atoms with Gasteiger partial charge in [-0.1, -0.05) is 18.9 Å². The summed E-state index contributed by atoms with van der Waals surface area (Å²) in [4.78, 5) is 23.9. The van der Waals surface area contributed by atoms with Crippen LogP contribution in [0.5, 0.6) is 5.75 Å². The molecule has 1 fully saturated rings. The number of hydrogen-bond donors (Lipinski definition) is 2. The first-order valence-electron chi connectivity index (χ1n) is 8.40. The van der Waals surface area contributed by atoms with Crippen LogP contribution in [0.25, 0.3) is 0 Å². The SMILES string of the molecule is CCOC(=O)COc1cccc(NC(=O)C2CCCCC2(C)N)c1. The molecule has 0 spiro atoms. The Morgan fingerprint density at radius 1 is 1.38 bits per heavy atom. The minimum Gasteiger partial charge on any atom is -0.482 e. The Hall–Kier alpha value is -2.08. The normalized spacial score (nSPS) is 23.4. The Bertz CT molecular complexity index is 586. The average Bonchev–Trinajstić information content (AvgIpc) is 2.53.